The normalized spacial score (nSPS) is 14.7. The van der Waals surface area contributed by atoms with Crippen molar-refractivity contribution in [2.45, 2.75) is 25.8 Å². The van der Waals surface area contributed by atoms with Gasteiger partial charge < -0.3 is 10.6 Å². The third kappa shape index (κ3) is 3.35. The predicted octanol–water partition coefficient (Wildman–Crippen LogP) is 4.10. The van der Waals surface area contributed by atoms with Crippen molar-refractivity contribution in [1.82, 2.24) is 20.0 Å². The number of thiazole rings is 1. The fourth-order valence-electron chi connectivity index (χ4n) is 3.72. The molecule has 1 fully saturated rings. The van der Waals surface area contributed by atoms with Gasteiger partial charge in [-0.25, -0.2) is 4.98 Å². The van der Waals surface area contributed by atoms with Gasteiger partial charge in [0.25, 0.3) is 11.8 Å². The Hall–Kier alpha value is -3.19. The average molecular weight is 419 g/mol. The van der Waals surface area contributed by atoms with Gasteiger partial charge in [-0.2, -0.15) is 0 Å². The van der Waals surface area contributed by atoms with Gasteiger partial charge in [0.2, 0.25) is 0 Å². The number of nitrogens with zero attached hydrogens (tertiary/aromatic N) is 2. The summed E-state index contributed by atoms with van der Waals surface area (Å²) in [5, 5.41) is 5.74. The number of hydrogen-bond donors (Lipinski definition) is 2. The molecule has 0 radical (unpaired) electrons. The highest BCUT2D eigenvalue weighted by atomic mass is 32.1. The molecule has 4 aromatic rings. The summed E-state index contributed by atoms with van der Waals surface area (Å²) in [6.07, 6.45) is 4.41. The Labute approximate surface area is 177 Å². The van der Waals surface area contributed by atoms with Crippen LogP contribution in [0, 0.1) is 5.92 Å². The molecule has 1 atom stereocenters. The lowest BCUT2D eigenvalue weighted by atomic mass is 10.1. The van der Waals surface area contributed by atoms with Crippen LogP contribution >= 0.6 is 11.3 Å². The molecule has 2 N–H and O–H groups in total. The Kier molecular flexibility index (Phi) is 4.55. The Bertz CT molecular complexity index is 1270. The summed E-state index contributed by atoms with van der Waals surface area (Å²) in [6.45, 7) is 2.08. The van der Waals surface area contributed by atoms with E-state index >= 15 is 0 Å². The van der Waals surface area contributed by atoms with Crippen molar-refractivity contribution >= 4 is 38.3 Å². The van der Waals surface area contributed by atoms with Crippen LogP contribution in [0.5, 0.6) is 0 Å². The van der Waals surface area contributed by atoms with Crippen molar-refractivity contribution in [2.24, 2.45) is 5.92 Å². The first-order chi connectivity index (χ1) is 14.5. The van der Waals surface area contributed by atoms with Gasteiger partial charge in [-0.05, 0) is 56.0 Å². The molecular formula is C23H22N4O2S. The van der Waals surface area contributed by atoms with E-state index in [0.29, 0.717) is 17.0 Å². The van der Waals surface area contributed by atoms with Crippen LogP contribution < -0.4 is 10.6 Å². The standard InChI is InChI=1S/C23H22N4O2S/c1-13(14-3-4-14)25-22(29)17-9-10-19-20(11-17)30-23-26-18(12-27(19)23)15-5-7-16(8-6-15)21(28)24-2/h5-14H,3-4H2,1-2H3,(H,24,28)(H,25,29)/t13-/m1/s1. The fourth-order valence-corrected chi connectivity index (χ4v) is 4.77. The molecule has 0 saturated heterocycles. The number of carbonyl (C=O) groups is 2. The molecule has 0 bridgehead atoms. The summed E-state index contributed by atoms with van der Waals surface area (Å²) in [6, 6.07) is 13.4. The van der Waals surface area contributed by atoms with Gasteiger partial charge >= 0.3 is 0 Å². The first-order valence-electron chi connectivity index (χ1n) is 10.1. The number of rotatable bonds is 5. The third-order valence-corrected chi connectivity index (χ3v) is 6.73. The minimum Gasteiger partial charge on any atom is -0.355 e. The zero-order valence-electron chi connectivity index (χ0n) is 16.8. The highest BCUT2D eigenvalue weighted by Crippen LogP contribution is 2.33. The predicted molar refractivity (Wildman–Crippen MR) is 119 cm³/mol. The molecule has 1 aliphatic rings. The average Bonchev–Trinajstić information content (AvgIpc) is 3.45. The summed E-state index contributed by atoms with van der Waals surface area (Å²) < 4.78 is 3.09. The van der Waals surface area contributed by atoms with Gasteiger partial charge in [-0.3, -0.25) is 14.0 Å². The maximum Gasteiger partial charge on any atom is 0.251 e. The second kappa shape index (κ2) is 7.25. The number of hydrogen-bond acceptors (Lipinski definition) is 4. The molecule has 2 aromatic heterocycles. The maximum absolute atomic E-state index is 12.6. The zero-order chi connectivity index (χ0) is 20.8. The fraction of sp³-hybridized carbons (Fsp3) is 0.261. The first kappa shape index (κ1) is 18.8. The lowest BCUT2D eigenvalue weighted by molar-refractivity contribution is 0.0933. The van der Waals surface area contributed by atoms with E-state index in [1.807, 2.05) is 36.5 Å². The van der Waals surface area contributed by atoms with E-state index in [1.54, 1.807) is 30.5 Å². The second-order valence-corrected chi connectivity index (χ2v) is 8.83. The molecular weight excluding hydrogens is 396 g/mol. The molecule has 6 nitrogen and oxygen atoms in total. The van der Waals surface area contributed by atoms with E-state index in [-0.39, 0.29) is 17.9 Å². The first-order valence-corrected chi connectivity index (χ1v) is 10.9. The van der Waals surface area contributed by atoms with Crippen molar-refractivity contribution in [3.63, 3.8) is 0 Å². The SMILES string of the molecule is CNC(=O)c1ccc(-c2cn3c(n2)sc2cc(C(=O)N[C@H](C)C4CC4)ccc23)cc1. The molecule has 2 amide bonds. The molecule has 7 heteroatoms. The van der Waals surface area contributed by atoms with Crippen LogP contribution in [0.1, 0.15) is 40.5 Å². The van der Waals surface area contributed by atoms with E-state index in [9.17, 15) is 9.59 Å². The topological polar surface area (TPSA) is 75.5 Å². The summed E-state index contributed by atoms with van der Waals surface area (Å²) in [5.41, 5.74) is 4.14. The number of nitrogens with one attached hydrogen (secondary N) is 2. The van der Waals surface area contributed by atoms with Crippen molar-refractivity contribution in [3.8, 4) is 11.3 Å². The van der Waals surface area contributed by atoms with E-state index in [2.05, 4.69) is 22.0 Å². The molecule has 1 saturated carbocycles. The third-order valence-electron chi connectivity index (χ3n) is 5.71. The van der Waals surface area contributed by atoms with Crippen LogP contribution in [0.3, 0.4) is 0 Å². The summed E-state index contributed by atoms with van der Waals surface area (Å²) in [5.74, 6) is 0.510. The number of benzene rings is 2. The highest BCUT2D eigenvalue weighted by Gasteiger charge is 2.29. The largest absolute Gasteiger partial charge is 0.355 e. The van der Waals surface area contributed by atoms with Crippen LogP contribution in [-0.2, 0) is 0 Å². The van der Waals surface area contributed by atoms with Gasteiger partial charge in [0.1, 0.15) is 0 Å². The molecule has 0 unspecified atom stereocenters. The van der Waals surface area contributed by atoms with E-state index in [1.165, 1.54) is 12.8 Å². The Morgan fingerprint density at radius 2 is 1.83 bits per heavy atom. The second-order valence-electron chi connectivity index (χ2n) is 7.82. The van der Waals surface area contributed by atoms with Crippen molar-refractivity contribution in [1.29, 1.82) is 0 Å². The van der Waals surface area contributed by atoms with Crippen LogP contribution in [0.2, 0.25) is 0 Å². The highest BCUT2D eigenvalue weighted by molar-refractivity contribution is 7.23. The van der Waals surface area contributed by atoms with E-state index < -0.39 is 0 Å². The number of imidazole rings is 1. The van der Waals surface area contributed by atoms with E-state index in [4.69, 9.17) is 4.98 Å². The smallest absolute Gasteiger partial charge is 0.251 e. The van der Waals surface area contributed by atoms with Gasteiger partial charge in [-0.15, -0.1) is 0 Å². The number of amides is 2. The van der Waals surface area contributed by atoms with Gasteiger partial charge in [0.15, 0.2) is 4.96 Å². The monoisotopic (exact) mass is 418 g/mol. The number of carbonyl (C=O) groups excluding carboxylic acids is 2. The molecule has 152 valence electrons. The molecule has 0 spiro atoms. The zero-order valence-corrected chi connectivity index (χ0v) is 17.6. The number of aromatic nitrogens is 2. The molecule has 2 heterocycles. The Morgan fingerprint density at radius 3 is 2.53 bits per heavy atom. The van der Waals surface area contributed by atoms with Gasteiger partial charge in [-0.1, -0.05) is 23.5 Å². The van der Waals surface area contributed by atoms with Gasteiger partial charge in [0, 0.05) is 36.0 Å². The summed E-state index contributed by atoms with van der Waals surface area (Å²) in [7, 11) is 1.62. The Morgan fingerprint density at radius 1 is 1.10 bits per heavy atom. The van der Waals surface area contributed by atoms with Crippen molar-refractivity contribution < 1.29 is 9.59 Å². The molecule has 30 heavy (non-hydrogen) atoms. The molecule has 5 rings (SSSR count). The summed E-state index contributed by atoms with van der Waals surface area (Å²) in [4.78, 5) is 29.9. The molecule has 1 aliphatic carbocycles. The minimum atomic E-state index is -0.107. The lowest BCUT2D eigenvalue weighted by Gasteiger charge is -2.12. The van der Waals surface area contributed by atoms with E-state index in [0.717, 1.165) is 26.4 Å². The quantitative estimate of drug-likeness (QED) is 0.512. The number of fused-ring (bicyclic) bond motifs is 3. The van der Waals surface area contributed by atoms with Crippen LogP contribution in [0.4, 0.5) is 0 Å². The van der Waals surface area contributed by atoms with Crippen LogP contribution in [0.15, 0.2) is 48.7 Å². The molecule has 2 aromatic carbocycles. The van der Waals surface area contributed by atoms with Crippen molar-refractivity contribution in [3.05, 3.63) is 59.8 Å². The maximum atomic E-state index is 12.6. The van der Waals surface area contributed by atoms with Crippen LogP contribution in [-0.4, -0.2) is 34.3 Å². The van der Waals surface area contributed by atoms with Crippen LogP contribution in [0.25, 0.3) is 26.4 Å². The van der Waals surface area contributed by atoms with Crippen molar-refractivity contribution in [2.75, 3.05) is 7.05 Å². The lowest BCUT2D eigenvalue weighted by Crippen LogP contribution is -2.33. The Balaban J connectivity index is 1.43. The minimum absolute atomic E-state index is 0.0146. The van der Waals surface area contributed by atoms with Gasteiger partial charge in [0.05, 0.1) is 15.9 Å². The molecule has 0 aliphatic heterocycles. The summed E-state index contributed by atoms with van der Waals surface area (Å²) >= 11 is 1.57.